The van der Waals surface area contributed by atoms with Gasteiger partial charge in [0.05, 0.1) is 17.4 Å². The van der Waals surface area contributed by atoms with Crippen molar-refractivity contribution in [3.63, 3.8) is 0 Å². The normalized spacial score (nSPS) is 13.8. The molecule has 0 spiro atoms. The second-order valence-electron chi connectivity index (χ2n) is 7.85. The zero-order valence-electron chi connectivity index (χ0n) is 17.3. The summed E-state index contributed by atoms with van der Waals surface area (Å²) in [5.41, 5.74) is 1.24. The van der Waals surface area contributed by atoms with Crippen LogP contribution >= 0.6 is 0 Å². The van der Waals surface area contributed by atoms with E-state index in [4.69, 9.17) is 0 Å². The molecule has 168 valence electrons. The number of benzene rings is 2. The number of nitrogens with zero attached hydrogens (tertiary/aromatic N) is 5. The van der Waals surface area contributed by atoms with E-state index < -0.39 is 17.3 Å². The van der Waals surface area contributed by atoms with Gasteiger partial charge < -0.3 is 4.90 Å². The van der Waals surface area contributed by atoms with Crippen molar-refractivity contribution in [2.45, 2.75) is 25.7 Å². The molecule has 7 nitrogen and oxygen atoms in total. The van der Waals surface area contributed by atoms with Crippen LogP contribution in [0.15, 0.2) is 65.8 Å². The van der Waals surface area contributed by atoms with Crippen molar-refractivity contribution in [1.82, 2.24) is 24.2 Å². The second kappa shape index (κ2) is 7.88. The first-order valence-electron chi connectivity index (χ1n) is 10.3. The largest absolute Gasteiger partial charge is 0.416 e. The highest BCUT2D eigenvalue weighted by molar-refractivity contribution is 5.78. The van der Waals surface area contributed by atoms with Gasteiger partial charge in [-0.25, -0.2) is 9.67 Å². The van der Waals surface area contributed by atoms with Gasteiger partial charge in [0.15, 0.2) is 5.65 Å². The van der Waals surface area contributed by atoms with Gasteiger partial charge in [-0.15, -0.1) is 0 Å². The number of rotatable bonds is 3. The lowest BCUT2D eigenvalue weighted by Gasteiger charge is -2.29. The molecule has 1 aliphatic rings. The topological polar surface area (TPSA) is 73.0 Å². The molecular formula is C23H18F3N5O2. The van der Waals surface area contributed by atoms with Crippen molar-refractivity contribution in [3.05, 3.63) is 88.1 Å². The first-order chi connectivity index (χ1) is 15.8. The number of hydrogen-bond donors (Lipinski definition) is 0. The van der Waals surface area contributed by atoms with Crippen LogP contribution in [0.3, 0.4) is 0 Å². The number of hydrogen-bond acceptors (Lipinski definition) is 4. The standard InChI is InChI=1S/C23H18F3N5O2/c24-23(25,26)17-6-3-7-18(10-17)31-21-19(11-28-31)22(33)30(14-27-21)13-20(32)29-9-8-15-4-1-2-5-16(15)12-29/h1-7,10-11,14H,8-9,12-13H2. The molecule has 0 saturated carbocycles. The highest BCUT2D eigenvalue weighted by Gasteiger charge is 2.31. The molecule has 4 aromatic rings. The van der Waals surface area contributed by atoms with Crippen molar-refractivity contribution in [3.8, 4) is 5.69 Å². The van der Waals surface area contributed by atoms with Gasteiger partial charge >= 0.3 is 6.18 Å². The van der Waals surface area contributed by atoms with Gasteiger partial charge in [0.1, 0.15) is 18.3 Å². The van der Waals surface area contributed by atoms with E-state index in [-0.39, 0.29) is 29.2 Å². The quantitative estimate of drug-likeness (QED) is 0.478. The van der Waals surface area contributed by atoms with Crippen molar-refractivity contribution in [1.29, 1.82) is 0 Å². The Morgan fingerprint density at radius 3 is 2.64 bits per heavy atom. The average Bonchev–Trinajstić information content (AvgIpc) is 3.25. The van der Waals surface area contributed by atoms with Gasteiger partial charge in [0.25, 0.3) is 5.56 Å². The molecule has 0 saturated heterocycles. The van der Waals surface area contributed by atoms with E-state index in [1.807, 2.05) is 24.3 Å². The molecule has 0 N–H and O–H groups in total. The van der Waals surface area contributed by atoms with E-state index in [2.05, 4.69) is 10.1 Å². The zero-order chi connectivity index (χ0) is 23.2. The fourth-order valence-corrected chi connectivity index (χ4v) is 4.02. The van der Waals surface area contributed by atoms with Gasteiger partial charge in [-0.05, 0) is 35.7 Å². The molecule has 33 heavy (non-hydrogen) atoms. The Hall–Kier alpha value is -3.95. The maximum absolute atomic E-state index is 13.1. The Labute approximate surface area is 185 Å². The number of carbonyl (C=O) groups excluding carboxylic acids is 1. The van der Waals surface area contributed by atoms with E-state index in [0.717, 1.165) is 24.1 Å². The van der Waals surface area contributed by atoms with Crippen LogP contribution in [0.25, 0.3) is 16.7 Å². The molecule has 2 aromatic carbocycles. The predicted octanol–water partition coefficient (Wildman–Crippen LogP) is 3.19. The Morgan fingerprint density at radius 2 is 1.85 bits per heavy atom. The SMILES string of the molecule is O=C(Cn1cnc2c(cnn2-c2cccc(C(F)(F)F)c2)c1=O)N1CCc2ccccc2C1. The van der Waals surface area contributed by atoms with E-state index in [9.17, 15) is 22.8 Å². The third kappa shape index (κ3) is 3.88. The molecule has 5 rings (SSSR count). The van der Waals surface area contributed by atoms with Gasteiger partial charge in [-0.3, -0.25) is 14.2 Å². The lowest BCUT2D eigenvalue weighted by Crippen LogP contribution is -2.39. The fourth-order valence-electron chi connectivity index (χ4n) is 4.02. The molecule has 10 heteroatoms. The van der Waals surface area contributed by atoms with E-state index >= 15 is 0 Å². The molecule has 1 aliphatic heterocycles. The van der Waals surface area contributed by atoms with Crippen LogP contribution in [0.2, 0.25) is 0 Å². The van der Waals surface area contributed by atoms with Crippen LogP contribution in [0.1, 0.15) is 16.7 Å². The van der Waals surface area contributed by atoms with Crippen LogP contribution in [-0.4, -0.2) is 36.7 Å². The number of amides is 1. The molecular weight excluding hydrogens is 435 g/mol. The number of carbonyl (C=O) groups is 1. The summed E-state index contributed by atoms with van der Waals surface area (Å²) in [6.45, 7) is 0.860. The van der Waals surface area contributed by atoms with Crippen LogP contribution < -0.4 is 5.56 Å². The molecule has 2 aromatic heterocycles. The van der Waals surface area contributed by atoms with Crippen LogP contribution in [0, 0.1) is 0 Å². The first-order valence-corrected chi connectivity index (χ1v) is 10.3. The Bertz CT molecular complexity index is 1420. The van der Waals surface area contributed by atoms with Crippen LogP contribution in [-0.2, 0) is 30.5 Å². The van der Waals surface area contributed by atoms with Crippen molar-refractivity contribution < 1.29 is 18.0 Å². The average molecular weight is 453 g/mol. The second-order valence-corrected chi connectivity index (χ2v) is 7.85. The van der Waals surface area contributed by atoms with Crippen molar-refractivity contribution >= 4 is 16.9 Å². The van der Waals surface area contributed by atoms with Gasteiger partial charge in [-0.2, -0.15) is 18.3 Å². The minimum atomic E-state index is -4.51. The molecule has 1 amide bonds. The molecule has 0 aliphatic carbocycles. The smallest absolute Gasteiger partial charge is 0.336 e. The Balaban J connectivity index is 1.41. The molecule has 0 unspecified atom stereocenters. The summed E-state index contributed by atoms with van der Waals surface area (Å²) in [7, 11) is 0. The summed E-state index contributed by atoms with van der Waals surface area (Å²) < 4.78 is 41.6. The first kappa shape index (κ1) is 20.9. The fraction of sp³-hybridized carbons (Fsp3) is 0.217. The monoisotopic (exact) mass is 453 g/mol. The summed E-state index contributed by atoms with van der Waals surface area (Å²) in [6.07, 6.45) is -1.28. The summed E-state index contributed by atoms with van der Waals surface area (Å²) in [6, 6.07) is 12.5. The molecule has 0 bridgehead atoms. The van der Waals surface area contributed by atoms with Gasteiger partial charge in [0.2, 0.25) is 5.91 Å². The van der Waals surface area contributed by atoms with Crippen LogP contribution in [0.4, 0.5) is 13.2 Å². The lowest BCUT2D eigenvalue weighted by atomic mass is 10.00. The third-order valence-electron chi connectivity index (χ3n) is 5.76. The van der Waals surface area contributed by atoms with Gasteiger partial charge in [0, 0.05) is 13.1 Å². The highest BCUT2D eigenvalue weighted by Crippen LogP contribution is 2.30. The van der Waals surface area contributed by atoms with E-state index in [0.29, 0.717) is 13.1 Å². The van der Waals surface area contributed by atoms with Crippen LogP contribution in [0.5, 0.6) is 0 Å². The molecule has 0 fully saturated rings. The minimum absolute atomic E-state index is 0.117. The van der Waals surface area contributed by atoms with Gasteiger partial charge in [-0.1, -0.05) is 30.3 Å². The number of fused-ring (bicyclic) bond motifs is 2. The predicted molar refractivity (Wildman–Crippen MR) is 114 cm³/mol. The van der Waals surface area contributed by atoms with E-state index in [1.165, 1.54) is 39.5 Å². The van der Waals surface area contributed by atoms with Crippen molar-refractivity contribution in [2.24, 2.45) is 0 Å². The summed E-state index contributed by atoms with van der Waals surface area (Å²) in [5, 5.41) is 4.18. The minimum Gasteiger partial charge on any atom is -0.336 e. The number of halogens is 3. The summed E-state index contributed by atoms with van der Waals surface area (Å²) in [4.78, 5) is 31.7. The molecule has 3 heterocycles. The Morgan fingerprint density at radius 1 is 1.06 bits per heavy atom. The number of alkyl halides is 3. The van der Waals surface area contributed by atoms with Crippen molar-refractivity contribution in [2.75, 3.05) is 6.54 Å². The molecule has 0 atom stereocenters. The lowest BCUT2D eigenvalue weighted by molar-refractivity contribution is -0.137. The highest BCUT2D eigenvalue weighted by atomic mass is 19.4. The zero-order valence-corrected chi connectivity index (χ0v) is 17.3. The molecule has 0 radical (unpaired) electrons. The third-order valence-corrected chi connectivity index (χ3v) is 5.76. The van der Waals surface area contributed by atoms with E-state index in [1.54, 1.807) is 4.90 Å². The maximum atomic E-state index is 13.1. The number of aromatic nitrogens is 4. The Kier molecular flexibility index (Phi) is 4.99. The summed E-state index contributed by atoms with van der Waals surface area (Å²) >= 11 is 0. The summed E-state index contributed by atoms with van der Waals surface area (Å²) in [5.74, 6) is -0.210. The maximum Gasteiger partial charge on any atom is 0.416 e.